The minimum Gasteiger partial charge on any atom is -0.493 e. The van der Waals surface area contributed by atoms with Crippen LogP contribution in [0.3, 0.4) is 0 Å². The number of allylic oxidation sites excluding steroid dienone is 1. The smallest absolute Gasteiger partial charge is 0.259 e. The molecule has 5 rings (SSSR count). The average Bonchev–Trinajstić information content (AvgIpc) is 3.35. The van der Waals surface area contributed by atoms with Crippen molar-refractivity contribution in [3.8, 4) is 28.8 Å². The van der Waals surface area contributed by atoms with Crippen molar-refractivity contribution in [2.24, 2.45) is 5.92 Å². The summed E-state index contributed by atoms with van der Waals surface area (Å²) >= 11 is 0. The zero-order chi connectivity index (χ0) is 25.8. The normalized spacial score (nSPS) is 11.6. The van der Waals surface area contributed by atoms with Crippen LogP contribution in [0.5, 0.6) is 5.75 Å². The SMILES string of the molecule is CC(C)COc1ccc(-c2nn(-c3ccccc3)cc2/C=C(/C#N)c2nc3ccccc3c(=O)[nH]2)cc1. The van der Waals surface area contributed by atoms with E-state index < -0.39 is 0 Å². The molecule has 2 heterocycles. The molecule has 5 aromatic rings. The van der Waals surface area contributed by atoms with Gasteiger partial charge in [0.05, 0.1) is 34.5 Å². The summed E-state index contributed by atoms with van der Waals surface area (Å²) in [6, 6.07) is 26.7. The maximum atomic E-state index is 12.6. The van der Waals surface area contributed by atoms with Gasteiger partial charge in [0.2, 0.25) is 0 Å². The van der Waals surface area contributed by atoms with E-state index in [4.69, 9.17) is 9.84 Å². The number of rotatable bonds is 7. The van der Waals surface area contributed by atoms with E-state index in [0.717, 1.165) is 17.0 Å². The second kappa shape index (κ2) is 10.3. The van der Waals surface area contributed by atoms with Gasteiger partial charge in [0.25, 0.3) is 5.56 Å². The van der Waals surface area contributed by atoms with Crippen molar-refractivity contribution < 1.29 is 4.74 Å². The van der Waals surface area contributed by atoms with Gasteiger partial charge in [-0.1, -0.05) is 44.2 Å². The molecular formula is C30H25N5O2. The van der Waals surface area contributed by atoms with Crippen LogP contribution >= 0.6 is 0 Å². The van der Waals surface area contributed by atoms with E-state index >= 15 is 0 Å². The fourth-order valence-corrected chi connectivity index (χ4v) is 3.93. The van der Waals surface area contributed by atoms with Crippen molar-refractivity contribution in [1.29, 1.82) is 5.26 Å². The predicted octanol–water partition coefficient (Wildman–Crippen LogP) is 5.87. The molecule has 0 aliphatic heterocycles. The molecule has 7 heteroatoms. The summed E-state index contributed by atoms with van der Waals surface area (Å²) in [5.41, 5.74) is 3.63. The monoisotopic (exact) mass is 487 g/mol. The van der Waals surface area contributed by atoms with Crippen LogP contribution in [0.25, 0.3) is 39.5 Å². The maximum Gasteiger partial charge on any atom is 0.259 e. The molecule has 0 saturated carbocycles. The highest BCUT2D eigenvalue weighted by Gasteiger charge is 2.15. The number of para-hydroxylation sites is 2. The van der Waals surface area contributed by atoms with Crippen LogP contribution in [0.1, 0.15) is 25.2 Å². The van der Waals surface area contributed by atoms with Crippen LogP contribution in [-0.4, -0.2) is 26.4 Å². The van der Waals surface area contributed by atoms with E-state index in [1.54, 1.807) is 29.0 Å². The van der Waals surface area contributed by atoms with Gasteiger partial charge in [-0.25, -0.2) is 9.67 Å². The number of nitriles is 1. The van der Waals surface area contributed by atoms with E-state index in [0.29, 0.717) is 34.7 Å². The highest BCUT2D eigenvalue weighted by molar-refractivity contribution is 5.91. The van der Waals surface area contributed by atoms with Crippen molar-refractivity contribution in [2.45, 2.75) is 13.8 Å². The van der Waals surface area contributed by atoms with Crippen molar-refractivity contribution in [2.75, 3.05) is 6.61 Å². The van der Waals surface area contributed by atoms with Crippen LogP contribution in [0.15, 0.2) is 89.9 Å². The molecule has 2 aromatic heterocycles. The molecule has 182 valence electrons. The summed E-state index contributed by atoms with van der Waals surface area (Å²) < 4.78 is 7.60. The van der Waals surface area contributed by atoms with Gasteiger partial charge in [-0.2, -0.15) is 10.4 Å². The van der Waals surface area contributed by atoms with Gasteiger partial charge in [0.1, 0.15) is 11.8 Å². The Morgan fingerprint density at radius 2 is 1.78 bits per heavy atom. The zero-order valence-electron chi connectivity index (χ0n) is 20.6. The Kier molecular flexibility index (Phi) is 6.64. The van der Waals surface area contributed by atoms with Gasteiger partial charge in [-0.3, -0.25) is 4.79 Å². The highest BCUT2D eigenvalue weighted by Crippen LogP contribution is 2.29. The number of H-pyrrole nitrogens is 1. The van der Waals surface area contributed by atoms with Gasteiger partial charge in [-0.15, -0.1) is 0 Å². The van der Waals surface area contributed by atoms with Crippen LogP contribution in [0, 0.1) is 17.2 Å². The first-order valence-electron chi connectivity index (χ1n) is 12.0. The number of ether oxygens (including phenoxy) is 1. The van der Waals surface area contributed by atoms with Crippen molar-refractivity contribution in [1.82, 2.24) is 19.7 Å². The molecule has 0 fully saturated rings. The lowest BCUT2D eigenvalue weighted by Crippen LogP contribution is -2.11. The van der Waals surface area contributed by atoms with Crippen molar-refractivity contribution in [3.05, 3.63) is 107 Å². The Hall–Kier alpha value is -4.96. The molecule has 0 atom stereocenters. The topological polar surface area (TPSA) is 96.6 Å². The van der Waals surface area contributed by atoms with Gasteiger partial charge in [-0.05, 0) is 60.5 Å². The Bertz CT molecular complexity index is 1670. The quantitative estimate of drug-likeness (QED) is 0.289. The van der Waals surface area contributed by atoms with E-state index in [2.05, 4.69) is 29.9 Å². The van der Waals surface area contributed by atoms with Gasteiger partial charge in [0.15, 0.2) is 5.82 Å². The third-order valence-corrected chi connectivity index (χ3v) is 5.76. The van der Waals surface area contributed by atoms with E-state index in [-0.39, 0.29) is 17.0 Å². The second-order valence-corrected chi connectivity index (χ2v) is 9.04. The number of hydrogen-bond acceptors (Lipinski definition) is 5. The Labute approximate surface area is 214 Å². The lowest BCUT2D eigenvalue weighted by Gasteiger charge is -2.09. The summed E-state index contributed by atoms with van der Waals surface area (Å²) in [6.45, 7) is 4.85. The van der Waals surface area contributed by atoms with Crippen LogP contribution in [0.4, 0.5) is 0 Å². The molecule has 0 aliphatic carbocycles. The predicted molar refractivity (Wildman–Crippen MR) is 145 cm³/mol. The van der Waals surface area contributed by atoms with Crippen LogP contribution in [-0.2, 0) is 0 Å². The number of nitrogens with one attached hydrogen (secondary N) is 1. The lowest BCUT2D eigenvalue weighted by atomic mass is 10.1. The minimum atomic E-state index is -0.293. The summed E-state index contributed by atoms with van der Waals surface area (Å²) in [4.78, 5) is 19.9. The molecule has 37 heavy (non-hydrogen) atoms. The third kappa shape index (κ3) is 5.19. The van der Waals surface area contributed by atoms with E-state index in [9.17, 15) is 10.1 Å². The van der Waals surface area contributed by atoms with Gasteiger partial charge < -0.3 is 9.72 Å². The molecular weight excluding hydrogens is 462 g/mol. The van der Waals surface area contributed by atoms with Gasteiger partial charge >= 0.3 is 0 Å². The van der Waals surface area contributed by atoms with Gasteiger partial charge in [0, 0.05) is 17.3 Å². The van der Waals surface area contributed by atoms with Crippen LogP contribution in [0.2, 0.25) is 0 Å². The molecule has 3 aromatic carbocycles. The summed E-state index contributed by atoms with van der Waals surface area (Å²) in [6.07, 6.45) is 3.57. The lowest BCUT2D eigenvalue weighted by molar-refractivity contribution is 0.271. The number of aromatic nitrogens is 4. The standard InChI is InChI=1S/C30H25N5O2/c1-20(2)19-37-25-14-12-21(13-15-25)28-23(18-35(34-28)24-8-4-3-5-9-24)16-22(17-31)29-32-27-11-7-6-10-26(27)30(36)33-29/h3-16,18,20H,19H2,1-2H3,(H,32,33,36)/b22-16-. The summed E-state index contributed by atoms with van der Waals surface area (Å²) in [5, 5.41) is 15.3. The molecule has 0 spiro atoms. The Morgan fingerprint density at radius 3 is 2.51 bits per heavy atom. The average molecular weight is 488 g/mol. The zero-order valence-corrected chi connectivity index (χ0v) is 20.6. The number of aromatic amines is 1. The summed E-state index contributed by atoms with van der Waals surface area (Å²) in [7, 11) is 0. The third-order valence-electron chi connectivity index (χ3n) is 5.76. The number of benzene rings is 3. The molecule has 1 N–H and O–H groups in total. The first-order valence-corrected chi connectivity index (χ1v) is 12.0. The maximum absolute atomic E-state index is 12.6. The first-order chi connectivity index (χ1) is 18.0. The highest BCUT2D eigenvalue weighted by atomic mass is 16.5. The fourth-order valence-electron chi connectivity index (χ4n) is 3.93. The Balaban J connectivity index is 1.60. The van der Waals surface area contributed by atoms with Crippen molar-refractivity contribution >= 4 is 22.6 Å². The molecule has 0 saturated heterocycles. The molecule has 0 radical (unpaired) electrons. The molecule has 0 aliphatic rings. The number of hydrogen-bond donors (Lipinski definition) is 1. The first kappa shape index (κ1) is 23.8. The summed E-state index contributed by atoms with van der Waals surface area (Å²) in [5.74, 6) is 1.42. The van der Waals surface area contributed by atoms with Crippen LogP contribution < -0.4 is 10.3 Å². The molecule has 0 unspecified atom stereocenters. The molecule has 7 nitrogen and oxygen atoms in total. The second-order valence-electron chi connectivity index (χ2n) is 9.04. The molecule has 0 bridgehead atoms. The Morgan fingerprint density at radius 1 is 1.05 bits per heavy atom. The largest absolute Gasteiger partial charge is 0.493 e. The minimum absolute atomic E-state index is 0.210. The van der Waals surface area contributed by atoms with E-state index in [1.807, 2.05) is 66.9 Å². The molecule has 0 amide bonds. The number of fused-ring (bicyclic) bond motifs is 1. The van der Waals surface area contributed by atoms with E-state index in [1.165, 1.54) is 0 Å². The van der Waals surface area contributed by atoms with Crippen molar-refractivity contribution in [3.63, 3.8) is 0 Å². The fraction of sp³-hybridized carbons (Fsp3) is 0.133. The number of nitrogens with zero attached hydrogens (tertiary/aromatic N) is 4.